The third-order valence-corrected chi connectivity index (χ3v) is 3.65. The van der Waals surface area contributed by atoms with E-state index in [4.69, 9.17) is 16.3 Å². The van der Waals surface area contributed by atoms with Gasteiger partial charge in [0.15, 0.2) is 6.10 Å². The zero-order valence-corrected chi connectivity index (χ0v) is 14.3. The molecule has 1 aromatic rings. The Hall–Kier alpha value is -1.01. The molecule has 1 heterocycles. The van der Waals surface area contributed by atoms with Crippen LogP contribution in [0, 0.1) is 0 Å². The number of amides is 1. The van der Waals surface area contributed by atoms with Gasteiger partial charge in [-0.15, -0.1) is 12.4 Å². The Morgan fingerprint density at radius 2 is 2.18 bits per heavy atom. The van der Waals surface area contributed by atoms with Gasteiger partial charge >= 0.3 is 0 Å². The van der Waals surface area contributed by atoms with Gasteiger partial charge in [-0.05, 0) is 25.1 Å². The number of hydrogen-bond acceptors (Lipinski definition) is 4. The lowest BCUT2D eigenvalue weighted by molar-refractivity contribution is -0.127. The van der Waals surface area contributed by atoms with Crippen LogP contribution in [0.1, 0.15) is 6.92 Å². The van der Waals surface area contributed by atoms with E-state index in [2.05, 4.69) is 15.5 Å². The molecule has 0 aromatic heterocycles. The third kappa shape index (κ3) is 6.40. The number of nitrogens with zero attached hydrogens (tertiary/aromatic N) is 1. The molecular formula is C15H23Cl2N3O2. The minimum atomic E-state index is -0.536. The van der Waals surface area contributed by atoms with Crippen molar-refractivity contribution < 1.29 is 9.53 Å². The van der Waals surface area contributed by atoms with Gasteiger partial charge in [-0.1, -0.05) is 17.7 Å². The zero-order valence-electron chi connectivity index (χ0n) is 12.7. The van der Waals surface area contributed by atoms with Crippen LogP contribution < -0.4 is 15.4 Å². The maximum atomic E-state index is 12.0. The Bertz CT molecular complexity index is 468. The van der Waals surface area contributed by atoms with E-state index >= 15 is 0 Å². The van der Waals surface area contributed by atoms with E-state index in [0.29, 0.717) is 17.3 Å². The Labute approximate surface area is 142 Å². The lowest BCUT2D eigenvalue weighted by Crippen LogP contribution is -2.47. The van der Waals surface area contributed by atoms with Crippen molar-refractivity contribution in [1.82, 2.24) is 15.5 Å². The molecule has 1 unspecified atom stereocenters. The lowest BCUT2D eigenvalue weighted by atomic mass is 10.3. The van der Waals surface area contributed by atoms with Crippen LogP contribution >= 0.6 is 24.0 Å². The number of halogens is 2. The molecule has 1 fully saturated rings. The molecule has 1 atom stereocenters. The fraction of sp³-hybridized carbons (Fsp3) is 0.533. The average molecular weight is 348 g/mol. The van der Waals surface area contributed by atoms with Crippen LogP contribution in [0.25, 0.3) is 0 Å². The van der Waals surface area contributed by atoms with E-state index in [1.165, 1.54) is 0 Å². The van der Waals surface area contributed by atoms with Crippen LogP contribution in [-0.2, 0) is 4.79 Å². The summed E-state index contributed by atoms with van der Waals surface area (Å²) in [6.45, 7) is 7.35. The number of benzene rings is 1. The number of piperazine rings is 1. The Kier molecular flexibility index (Phi) is 8.56. The summed E-state index contributed by atoms with van der Waals surface area (Å²) in [5, 5.41) is 6.81. The predicted molar refractivity (Wildman–Crippen MR) is 91.1 cm³/mol. The second-order valence-electron chi connectivity index (χ2n) is 5.10. The van der Waals surface area contributed by atoms with Crippen molar-refractivity contribution in [2.45, 2.75) is 13.0 Å². The number of ether oxygens (including phenoxy) is 1. The molecule has 1 aromatic carbocycles. The fourth-order valence-electron chi connectivity index (χ4n) is 2.21. The zero-order chi connectivity index (χ0) is 15.1. The van der Waals surface area contributed by atoms with Crippen LogP contribution in [0.3, 0.4) is 0 Å². The number of nitrogens with one attached hydrogen (secondary N) is 2. The van der Waals surface area contributed by atoms with Crippen molar-refractivity contribution >= 4 is 29.9 Å². The molecule has 0 bridgehead atoms. The van der Waals surface area contributed by atoms with Gasteiger partial charge in [0, 0.05) is 44.3 Å². The minimum absolute atomic E-state index is 0. The van der Waals surface area contributed by atoms with Gasteiger partial charge in [0.25, 0.3) is 5.91 Å². The van der Waals surface area contributed by atoms with Gasteiger partial charge in [0.2, 0.25) is 0 Å². The first kappa shape index (κ1) is 19.0. The number of carbonyl (C=O) groups excluding carboxylic acids is 1. The molecule has 0 spiro atoms. The summed E-state index contributed by atoms with van der Waals surface area (Å²) < 4.78 is 5.58. The molecule has 0 saturated carbocycles. The average Bonchev–Trinajstić information content (AvgIpc) is 2.48. The second-order valence-corrected chi connectivity index (χ2v) is 5.54. The van der Waals surface area contributed by atoms with Crippen LogP contribution in [0.5, 0.6) is 5.75 Å². The van der Waals surface area contributed by atoms with Crippen LogP contribution in [0.4, 0.5) is 0 Å². The standard InChI is InChI=1S/C15H22ClN3O2.ClH/c1-12(21-14-4-2-3-13(16)11-14)15(20)18-7-10-19-8-5-17-6-9-19;/h2-4,11-12,17H,5-10H2,1H3,(H,18,20);1H. The van der Waals surface area contributed by atoms with E-state index in [1.54, 1.807) is 31.2 Å². The Balaban J connectivity index is 0.00000242. The van der Waals surface area contributed by atoms with Crippen LogP contribution in [0.2, 0.25) is 5.02 Å². The Morgan fingerprint density at radius 1 is 1.45 bits per heavy atom. The summed E-state index contributed by atoms with van der Waals surface area (Å²) in [5.74, 6) is 0.498. The fourth-order valence-corrected chi connectivity index (χ4v) is 2.39. The van der Waals surface area contributed by atoms with Gasteiger partial charge in [0.1, 0.15) is 5.75 Å². The molecule has 124 valence electrons. The Morgan fingerprint density at radius 3 is 2.86 bits per heavy atom. The molecule has 0 aliphatic carbocycles. The van der Waals surface area contributed by atoms with E-state index in [1.807, 2.05) is 0 Å². The molecule has 5 nitrogen and oxygen atoms in total. The molecule has 0 radical (unpaired) electrons. The highest BCUT2D eigenvalue weighted by Gasteiger charge is 2.15. The topological polar surface area (TPSA) is 53.6 Å². The van der Waals surface area contributed by atoms with Crippen molar-refractivity contribution in [2.75, 3.05) is 39.3 Å². The molecule has 22 heavy (non-hydrogen) atoms. The van der Waals surface area contributed by atoms with E-state index in [0.717, 1.165) is 32.7 Å². The molecule has 2 rings (SSSR count). The number of carbonyl (C=O) groups is 1. The highest BCUT2D eigenvalue weighted by Crippen LogP contribution is 2.18. The number of hydrogen-bond donors (Lipinski definition) is 2. The highest BCUT2D eigenvalue weighted by atomic mass is 35.5. The minimum Gasteiger partial charge on any atom is -0.481 e. The van der Waals surface area contributed by atoms with Gasteiger partial charge in [-0.3, -0.25) is 9.69 Å². The first-order chi connectivity index (χ1) is 10.1. The van der Waals surface area contributed by atoms with Gasteiger partial charge in [0.05, 0.1) is 0 Å². The van der Waals surface area contributed by atoms with Crippen LogP contribution in [0.15, 0.2) is 24.3 Å². The predicted octanol–water partition coefficient (Wildman–Crippen LogP) is 1.55. The smallest absolute Gasteiger partial charge is 0.260 e. The maximum Gasteiger partial charge on any atom is 0.260 e. The quantitative estimate of drug-likeness (QED) is 0.819. The summed E-state index contributed by atoms with van der Waals surface area (Å²) >= 11 is 5.89. The number of rotatable bonds is 6. The molecule has 1 saturated heterocycles. The molecule has 1 aliphatic rings. The first-order valence-electron chi connectivity index (χ1n) is 7.28. The van der Waals surface area contributed by atoms with Crippen molar-refractivity contribution in [2.24, 2.45) is 0 Å². The summed E-state index contributed by atoms with van der Waals surface area (Å²) in [4.78, 5) is 14.3. The second kappa shape index (κ2) is 9.90. The monoisotopic (exact) mass is 347 g/mol. The van der Waals surface area contributed by atoms with Gasteiger partial charge in [-0.25, -0.2) is 0 Å². The SMILES string of the molecule is CC(Oc1cccc(Cl)c1)C(=O)NCCN1CCNCC1.Cl. The highest BCUT2D eigenvalue weighted by molar-refractivity contribution is 6.30. The normalized spacial score (nSPS) is 16.5. The van der Waals surface area contributed by atoms with E-state index in [-0.39, 0.29) is 18.3 Å². The summed E-state index contributed by atoms with van der Waals surface area (Å²) in [5.41, 5.74) is 0. The van der Waals surface area contributed by atoms with Gasteiger partial charge in [-0.2, -0.15) is 0 Å². The summed E-state index contributed by atoms with van der Waals surface area (Å²) in [6, 6.07) is 7.06. The van der Waals surface area contributed by atoms with E-state index in [9.17, 15) is 4.79 Å². The lowest BCUT2D eigenvalue weighted by Gasteiger charge is -2.27. The van der Waals surface area contributed by atoms with Crippen molar-refractivity contribution in [1.29, 1.82) is 0 Å². The molecule has 1 amide bonds. The van der Waals surface area contributed by atoms with Crippen molar-refractivity contribution in [3.8, 4) is 5.75 Å². The largest absolute Gasteiger partial charge is 0.481 e. The van der Waals surface area contributed by atoms with Crippen molar-refractivity contribution in [3.05, 3.63) is 29.3 Å². The van der Waals surface area contributed by atoms with E-state index < -0.39 is 6.10 Å². The summed E-state index contributed by atoms with van der Waals surface area (Å²) in [6.07, 6.45) is -0.536. The third-order valence-electron chi connectivity index (χ3n) is 3.42. The molecule has 2 N–H and O–H groups in total. The summed E-state index contributed by atoms with van der Waals surface area (Å²) in [7, 11) is 0. The first-order valence-corrected chi connectivity index (χ1v) is 7.66. The maximum absolute atomic E-state index is 12.0. The van der Waals surface area contributed by atoms with Crippen LogP contribution in [-0.4, -0.2) is 56.2 Å². The molecule has 7 heteroatoms. The molecule has 1 aliphatic heterocycles. The van der Waals surface area contributed by atoms with Gasteiger partial charge < -0.3 is 15.4 Å². The van der Waals surface area contributed by atoms with Crippen molar-refractivity contribution in [3.63, 3.8) is 0 Å². The molecular weight excluding hydrogens is 325 g/mol.